The van der Waals surface area contributed by atoms with Gasteiger partial charge >= 0.3 is 0 Å². The molecule has 116 valence electrons. The Morgan fingerprint density at radius 2 is 2.10 bits per heavy atom. The van der Waals surface area contributed by atoms with Crippen LogP contribution < -0.4 is 20.5 Å². The second-order valence-electron chi connectivity index (χ2n) is 5.29. The first kappa shape index (κ1) is 15.4. The lowest BCUT2D eigenvalue weighted by Crippen LogP contribution is -2.37. The Labute approximate surface area is 125 Å². The van der Waals surface area contributed by atoms with Crippen molar-refractivity contribution in [3.8, 4) is 11.5 Å². The van der Waals surface area contributed by atoms with Crippen LogP contribution in [0.1, 0.15) is 30.6 Å². The molecule has 2 rings (SSSR count). The number of fused-ring (bicyclic) bond motifs is 1. The van der Waals surface area contributed by atoms with Gasteiger partial charge in [-0.15, -0.1) is 0 Å². The Bertz CT molecular complexity index is 519. The fraction of sp³-hybridized carbons (Fsp3) is 0.533. The minimum absolute atomic E-state index is 0.166. The molecule has 1 atom stereocenters. The van der Waals surface area contributed by atoms with Gasteiger partial charge in [-0.1, -0.05) is 6.92 Å². The maximum Gasteiger partial charge on any atom is 0.253 e. The molecule has 0 aliphatic carbocycles. The van der Waals surface area contributed by atoms with Crippen molar-refractivity contribution >= 4 is 11.6 Å². The highest BCUT2D eigenvalue weighted by Gasteiger charge is 2.19. The molecule has 0 saturated heterocycles. The van der Waals surface area contributed by atoms with E-state index in [0.29, 0.717) is 35.3 Å². The fourth-order valence-corrected chi connectivity index (χ4v) is 2.13. The van der Waals surface area contributed by atoms with Crippen molar-refractivity contribution in [1.82, 2.24) is 10.2 Å². The van der Waals surface area contributed by atoms with Crippen LogP contribution in [0.5, 0.6) is 11.5 Å². The summed E-state index contributed by atoms with van der Waals surface area (Å²) in [5, 5.41) is 2.88. The number of benzene rings is 1. The molecule has 1 aliphatic rings. The van der Waals surface area contributed by atoms with Crippen molar-refractivity contribution in [2.24, 2.45) is 0 Å². The lowest BCUT2D eigenvalue weighted by Gasteiger charge is -2.23. The van der Waals surface area contributed by atoms with E-state index in [-0.39, 0.29) is 12.7 Å². The highest BCUT2D eigenvalue weighted by Crippen LogP contribution is 2.35. The summed E-state index contributed by atoms with van der Waals surface area (Å²) < 4.78 is 10.5. The molecule has 0 fully saturated rings. The van der Waals surface area contributed by atoms with Crippen molar-refractivity contribution in [3.05, 3.63) is 17.7 Å². The van der Waals surface area contributed by atoms with Crippen LogP contribution >= 0.6 is 0 Å². The maximum atomic E-state index is 12.2. The van der Waals surface area contributed by atoms with Crippen molar-refractivity contribution in [2.75, 3.05) is 32.7 Å². The number of hydrogen-bond donors (Lipinski definition) is 2. The number of nitrogens with two attached hydrogens (primary N) is 1. The fourth-order valence-electron chi connectivity index (χ4n) is 2.13. The maximum absolute atomic E-state index is 12.2. The Morgan fingerprint density at radius 1 is 1.43 bits per heavy atom. The summed E-state index contributed by atoms with van der Waals surface area (Å²) in [6, 6.07) is 3.76. The van der Waals surface area contributed by atoms with E-state index in [9.17, 15) is 4.79 Å². The lowest BCUT2D eigenvalue weighted by molar-refractivity contribution is 0.0948. The quantitative estimate of drug-likeness (QED) is 0.777. The number of hydrogen-bond acceptors (Lipinski definition) is 5. The zero-order valence-corrected chi connectivity index (χ0v) is 12.8. The molecule has 1 aliphatic heterocycles. The molecule has 1 amide bonds. The SMILES string of the molecule is CCC(C)N(C)CCNC(=O)c1cc2c(cc1N)OCO2. The first-order valence-corrected chi connectivity index (χ1v) is 7.20. The average Bonchev–Trinajstić information content (AvgIpc) is 2.92. The van der Waals surface area contributed by atoms with E-state index in [4.69, 9.17) is 15.2 Å². The molecule has 0 saturated carbocycles. The van der Waals surface area contributed by atoms with Gasteiger partial charge in [0.15, 0.2) is 11.5 Å². The number of rotatable bonds is 6. The molecule has 21 heavy (non-hydrogen) atoms. The standard InChI is InChI=1S/C15H23N3O3/c1-4-10(2)18(3)6-5-17-15(19)11-7-13-14(8-12(11)16)21-9-20-13/h7-8,10H,4-6,9,16H2,1-3H3,(H,17,19). The van der Waals surface area contributed by atoms with E-state index in [1.807, 2.05) is 0 Å². The molecule has 3 N–H and O–H groups in total. The second-order valence-corrected chi connectivity index (χ2v) is 5.29. The Balaban J connectivity index is 1.92. The van der Waals surface area contributed by atoms with E-state index in [1.165, 1.54) is 0 Å². The molecule has 0 radical (unpaired) electrons. The Morgan fingerprint density at radius 3 is 2.76 bits per heavy atom. The van der Waals surface area contributed by atoms with Crippen LogP contribution in [-0.2, 0) is 0 Å². The molecular weight excluding hydrogens is 270 g/mol. The highest BCUT2D eigenvalue weighted by atomic mass is 16.7. The van der Waals surface area contributed by atoms with E-state index in [1.54, 1.807) is 12.1 Å². The van der Waals surface area contributed by atoms with Crippen LogP contribution in [0, 0.1) is 0 Å². The van der Waals surface area contributed by atoms with Gasteiger partial charge < -0.3 is 25.4 Å². The van der Waals surface area contributed by atoms with Crippen LogP contribution in [0.25, 0.3) is 0 Å². The van der Waals surface area contributed by atoms with Crippen LogP contribution in [-0.4, -0.2) is 43.8 Å². The number of nitrogen functional groups attached to an aromatic ring is 1. The summed E-state index contributed by atoms with van der Waals surface area (Å²) in [7, 11) is 2.05. The smallest absolute Gasteiger partial charge is 0.253 e. The first-order chi connectivity index (χ1) is 10.0. The normalized spacial score (nSPS) is 14.3. The van der Waals surface area contributed by atoms with Crippen LogP contribution in [0.4, 0.5) is 5.69 Å². The van der Waals surface area contributed by atoms with Gasteiger partial charge in [0.05, 0.1) is 5.56 Å². The molecule has 0 bridgehead atoms. The van der Waals surface area contributed by atoms with Crippen LogP contribution in [0.15, 0.2) is 12.1 Å². The third-order valence-electron chi connectivity index (χ3n) is 3.88. The van der Waals surface area contributed by atoms with Gasteiger partial charge in [0.25, 0.3) is 5.91 Å². The molecular formula is C15H23N3O3. The van der Waals surface area contributed by atoms with E-state index in [2.05, 4.69) is 31.1 Å². The van der Waals surface area contributed by atoms with Crippen molar-refractivity contribution < 1.29 is 14.3 Å². The third-order valence-corrected chi connectivity index (χ3v) is 3.88. The first-order valence-electron chi connectivity index (χ1n) is 7.20. The Kier molecular flexibility index (Phi) is 4.90. The monoisotopic (exact) mass is 293 g/mol. The minimum Gasteiger partial charge on any atom is -0.454 e. The molecule has 0 aromatic heterocycles. The zero-order chi connectivity index (χ0) is 15.4. The van der Waals surface area contributed by atoms with Crippen molar-refractivity contribution in [3.63, 3.8) is 0 Å². The number of nitrogens with one attached hydrogen (secondary N) is 1. The highest BCUT2D eigenvalue weighted by molar-refractivity contribution is 6.00. The third kappa shape index (κ3) is 3.58. The molecule has 0 spiro atoms. The average molecular weight is 293 g/mol. The number of anilines is 1. The Hall–Kier alpha value is -1.95. The van der Waals surface area contributed by atoms with Crippen LogP contribution in [0.3, 0.4) is 0 Å². The largest absolute Gasteiger partial charge is 0.454 e. The second kappa shape index (κ2) is 6.67. The molecule has 1 unspecified atom stereocenters. The number of nitrogens with zero attached hydrogens (tertiary/aromatic N) is 1. The summed E-state index contributed by atoms with van der Waals surface area (Å²) in [4.78, 5) is 14.4. The molecule has 6 nitrogen and oxygen atoms in total. The van der Waals surface area contributed by atoms with Gasteiger partial charge in [-0.25, -0.2) is 0 Å². The predicted octanol–water partition coefficient (Wildman–Crippen LogP) is 1.46. The van der Waals surface area contributed by atoms with Gasteiger partial charge in [0.2, 0.25) is 6.79 Å². The van der Waals surface area contributed by atoms with Crippen molar-refractivity contribution in [2.45, 2.75) is 26.3 Å². The van der Waals surface area contributed by atoms with Gasteiger partial charge in [-0.3, -0.25) is 4.79 Å². The predicted molar refractivity (Wildman–Crippen MR) is 81.7 cm³/mol. The number of carbonyl (C=O) groups excluding carboxylic acids is 1. The van der Waals surface area contributed by atoms with Crippen molar-refractivity contribution in [1.29, 1.82) is 0 Å². The zero-order valence-electron chi connectivity index (χ0n) is 12.8. The van der Waals surface area contributed by atoms with Crippen LogP contribution in [0.2, 0.25) is 0 Å². The summed E-state index contributed by atoms with van der Waals surface area (Å²) >= 11 is 0. The number of carbonyl (C=O) groups is 1. The van der Waals surface area contributed by atoms with Gasteiger partial charge in [0, 0.05) is 30.9 Å². The van der Waals surface area contributed by atoms with Gasteiger partial charge in [0.1, 0.15) is 0 Å². The van der Waals surface area contributed by atoms with Gasteiger partial charge in [-0.2, -0.15) is 0 Å². The van der Waals surface area contributed by atoms with Gasteiger partial charge in [-0.05, 0) is 26.5 Å². The van der Waals surface area contributed by atoms with E-state index >= 15 is 0 Å². The van der Waals surface area contributed by atoms with E-state index < -0.39 is 0 Å². The topological polar surface area (TPSA) is 76.8 Å². The van der Waals surface area contributed by atoms with E-state index in [0.717, 1.165) is 13.0 Å². The number of likely N-dealkylation sites (N-methyl/N-ethyl adjacent to an activating group) is 1. The molecule has 1 aromatic rings. The lowest BCUT2D eigenvalue weighted by atomic mass is 10.1. The molecule has 1 aromatic carbocycles. The summed E-state index contributed by atoms with van der Waals surface area (Å²) in [6.45, 7) is 5.85. The minimum atomic E-state index is -0.191. The number of ether oxygens (including phenoxy) is 2. The summed E-state index contributed by atoms with van der Waals surface area (Å²) in [5.41, 5.74) is 6.71. The summed E-state index contributed by atoms with van der Waals surface area (Å²) in [5.74, 6) is 0.954. The molecule has 1 heterocycles. The number of amides is 1. The summed E-state index contributed by atoms with van der Waals surface area (Å²) in [6.07, 6.45) is 1.08. The molecule has 6 heteroatoms.